The minimum absolute atomic E-state index is 0.0663. The minimum atomic E-state index is -3.69. The molecule has 20 heavy (non-hydrogen) atoms. The third-order valence-electron chi connectivity index (χ3n) is 3.02. The van der Waals surface area contributed by atoms with Gasteiger partial charge < -0.3 is 10.1 Å². The topological polar surface area (TPSA) is 95.1 Å². The lowest BCUT2D eigenvalue weighted by Gasteiger charge is -2.09. The Morgan fingerprint density at radius 3 is 3.00 bits per heavy atom. The fraction of sp³-hybridized carbons (Fsp3) is 0.417. The van der Waals surface area contributed by atoms with E-state index in [1.54, 1.807) is 0 Å². The highest BCUT2D eigenvalue weighted by molar-refractivity contribution is 7.89. The molecule has 3 N–H and O–H groups in total. The van der Waals surface area contributed by atoms with Gasteiger partial charge in [-0.3, -0.25) is 0 Å². The van der Waals surface area contributed by atoms with Crippen LogP contribution in [0.5, 0.6) is 0 Å². The van der Waals surface area contributed by atoms with E-state index >= 15 is 0 Å². The molecule has 2 aromatic heterocycles. The summed E-state index contributed by atoms with van der Waals surface area (Å²) in [7, 11) is -3.69. The van der Waals surface area contributed by atoms with Crippen molar-refractivity contribution in [2.45, 2.75) is 30.8 Å². The molecule has 0 radical (unpaired) electrons. The predicted octanol–water partition coefficient (Wildman–Crippen LogP) is 1.66. The van der Waals surface area contributed by atoms with Crippen LogP contribution in [-0.4, -0.2) is 36.1 Å². The first-order chi connectivity index (χ1) is 9.45. The van der Waals surface area contributed by atoms with Gasteiger partial charge in [-0.15, -0.1) is 0 Å². The molecule has 0 saturated heterocycles. The van der Waals surface area contributed by atoms with Crippen LogP contribution in [0, 0.1) is 0 Å². The lowest BCUT2D eigenvalue weighted by molar-refractivity contribution is 0.162. The van der Waals surface area contributed by atoms with Gasteiger partial charge in [-0.2, -0.15) is 0 Å². The van der Waals surface area contributed by atoms with E-state index in [4.69, 9.17) is 11.6 Å². The van der Waals surface area contributed by atoms with Gasteiger partial charge in [-0.25, -0.2) is 18.1 Å². The minimum Gasteiger partial charge on any atom is -0.393 e. The second-order valence-electron chi connectivity index (χ2n) is 4.42. The molecule has 0 saturated carbocycles. The summed E-state index contributed by atoms with van der Waals surface area (Å²) in [6, 6.07) is 1.54. The number of rotatable bonds is 6. The molecule has 0 bridgehead atoms. The van der Waals surface area contributed by atoms with Crippen LogP contribution < -0.4 is 4.72 Å². The molecule has 1 unspecified atom stereocenters. The Morgan fingerprint density at radius 1 is 1.55 bits per heavy atom. The number of fused-ring (bicyclic) bond motifs is 1. The number of sulfonamides is 1. The smallest absolute Gasteiger partial charge is 0.242 e. The molecule has 0 spiro atoms. The number of H-pyrrole nitrogens is 1. The number of hydrogen-bond acceptors (Lipinski definition) is 4. The summed E-state index contributed by atoms with van der Waals surface area (Å²) in [4.78, 5) is 6.87. The third-order valence-corrected chi connectivity index (χ3v) is 4.82. The van der Waals surface area contributed by atoms with Gasteiger partial charge in [0.25, 0.3) is 0 Å². The average Bonchev–Trinajstić information content (AvgIpc) is 2.84. The van der Waals surface area contributed by atoms with Crippen molar-refractivity contribution >= 4 is 32.7 Å². The number of aliphatic hydroxyl groups is 1. The van der Waals surface area contributed by atoms with E-state index in [2.05, 4.69) is 14.7 Å². The monoisotopic (exact) mass is 317 g/mol. The number of aromatic amines is 1. The molecule has 0 fully saturated rings. The average molecular weight is 318 g/mol. The maximum atomic E-state index is 12.2. The van der Waals surface area contributed by atoms with Crippen molar-refractivity contribution in [1.29, 1.82) is 0 Å². The Hall–Kier alpha value is -1.15. The van der Waals surface area contributed by atoms with Gasteiger partial charge >= 0.3 is 0 Å². The maximum absolute atomic E-state index is 12.2. The Kier molecular flexibility index (Phi) is 4.64. The zero-order valence-corrected chi connectivity index (χ0v) is 12.5. The first kappa shape index (κ1) is 15.2. The zero-order valence-electron chi connectivity index (χ0n) is 10.9. The largest absolute Gasteiger partial charge is 0.393 e. The molecular formula is C12H16ClN3O3S. The van der Waals surface area contributed by atoms with Gasteiger partial charge in [0.2, 0.25) is 10.0 Å². The molecule has 0 amide bonds. The van der Waals surface area contributed by atoms with Gasteiger partial charge in [0, 0.05) is 18.9 Å². The second kappa shape index (κ2) is 6.09. The standard InChI is InChI=1S/C12H16ClN3O3S/c1-2-8(17)3-6-16-20(18,19)10-7-15-12-11(10)9(13)4-5-14-12/h4-5,7-8,16-17H,2-3,6H2,1H3,(H,14,15). The predicted molar refractivity (Wildman–Crippen MR) is 77.2 cm³/mol. The van der Waals surface area contributed by atoms with Crippen molar-refractivity contribution in [3.05, 3.63) is 23.5 Å². The van der Waals surface area contributed by atoms with Crippen molar-refractivity contribution < 1.29 is 13.5 Å². The van der Waals surface area contributed by atoms with Gasteiger partial charge in [-0.05, 0) is 18.9 Å². The van der Waals surface area contributed by atoms with Crippen molar-refractivity contribution in [2.75, 3.05) is 6.54 Å². The quantitative estimate of drug-likeness (QED) is 0.755. The number of pyridine rings is 1. The van der Waals surface area contributed by atoms with Gasteiger partial charge in [0.15, 0.2) is 0 Å². The Bertz CT molecular complexity index is 699. The van der Waals surface area contributed by atoms with E-state index in [1.165, 1.54) is 18.5 Å². The van der Waals surface area contributed by atoms with Crippen LogP contribution in [0.15, 0.2) is 23.4 Å². The van der Waals surface area contributed by atoms with Crippen LogP contribution in [-0.2, 0) is 10.0 Å². The summed E-state index contributed by atoms with van der Waals surface area (Å²) < 4.78 is 26.9. The normalized spacial score (nSPS) is 13.8. The Balaban J connectivity index is 2.24. The fourth-order valence-corrected chi connectivity index (χ4v) is 3.38. The van der Waals surface area contributed by atoms with Crippen molar-refractivity contribution in [3.63, 3.8) is 0 Å². The van der Waals surface area contributed by atoms with Gasteiger partial charge in [-0.1, -0.05) is 18.5 Å². The van der Waals surface area contributed by atoms with E-state index in [1.807, 2.05) is 6.92 Å². The van der Waals surface area contributed by atoms with E-state index in [0.717, 1.165) is 0 Å². The van der Waals surface area contributed by atoms with Crippen LogP contribution >= 0.6 is 11.6 Å². The van der Waals surface area contributed by atoms with Crippen LogP contribution in [0.25, 0.3) is 11.0 Å². The summed E-state index contributed by atoms with van der Waals surface area (Å²) in [5.41, 5.74) is 0.423. The molecule has 2 aromatic rings. The van der Waals surface area contributed by atoms with E-state index < -0.39 is 16.1 Å². The highest BCUT2D eigenvalue weighted by Crippen LogP contribution is 2.27. The molecule has 8 heteroatoms. The highest BCUT2D eigenvalue weighted by Gasteiger charge is 2.21. The number of halogens is 1. The summed E-state index contributed by atoms with van der Waals surface area (Å²) in [5.74, 6) is 0. The van der Waals surface area contributed by atoms with E-state index in [9.17, 15) is 13.5 Å². The number of aromatic nitrogens is 2. The van der Waals surface area contributed by atoms with Crippen molar-refractivity contribution in [3.8, 4) is 0 Å². The molecular weight excluding hydrogens is 302 g/mol. The fourth-order valence-electron chi connectivity index (χ4n) is 1.84. The molecule has 0 aliphatic heterocycles. The first-order valence-corrected chi connectivity index (χ1v) is 8.11. The molecule has 2 rings (SSSR count). The Labute approximate surface area is 122 Å². The summed E-state index contributed by atoms with van der Waals surface area (Å²) in [6.45, 7) is 2.01. The van der Waals surface area contributed by atoms with Crippen molar-refractivity contribution in [1.82, 2.24) is 14.7 Å². The molecule has 0 aliphatic rings. The van der Waals surface area contributed by atoms with Gasteiger partial charge in [0.1, 0.15) is 10.5 Å². The van der Waals surface area contributed by atoms with E-state index in [0.29, 0.717) is 28.9 Å². The maximum Gasteiger partial charge on any atom is 0.242 e. The summed E-state index contributed by atoms with van der Waals surface area (Å²) >= 11 is 6.02. The van der Waals surface area contributed by atoms with Crippen LogP contribution in [0.4, 0.5) is 0 Å². The van der Waals surface area contributed by atoms with Crippen LogP contribution in [0.3, 0.4) is 0 Å². The van der Waals surface area contributed by atoms with Crippen LogP contribution in [0.1, 0.15) is 19.8 Å². The molecule has 1 atom stereocenters. The molecule has 110 valence electrons. The zero-order chi connectivity index (χ0) is 14.8. The SMILES string of the molecule is CCC(O)CCNS(=O)(=O)c1c[nH]c2nccc(Cl)c12. The van der Waals surface area contributed by atoms with Gasteiger partial charge in [0.05, 0.1) is 16.5 Å². The number of nitrogens with zero attached hydrogens (tertiary/aromatic N) is 1. The summed E-state index contributed by atoms with van der Waals surface area (Å²) in [5, 5.41) is 10.1. The number of nitrogens with one attached hydrogen (secondary N) is 2. The highest BCUT2D eigenvalue weighted by atomic mass is 35.5. The number of aliphatic hydroxyl groups excluding tert-OH is 1. The lowest BCUT2D eigenvalue weighted by atomic mass is 10.2. The lowest BCUT2D eigenvalue weighted by Crippen LogP contribution is -2.27. The Morgan fingerprint density at radius 2 is 2.30 bits per heavy atom. The van der Waals surface area contributed by atoms with E-state index in [-0.39, 0.29) is 11.4 Å². The molecule has 6 nitrogen and oxygen atoms in total. The molecule has 0 aromatic carbocycles. The van der Waals surface area contributed by atoms with Crippen LogP contribution in [0.2, 0.25) is 5.02 Å². The van der Waals surface area contributed by atoms with Crippen molar-refractivity contribution in [2.24, 2.45) is 0 Å². The first-order valence-electron chi connectivity index (χ1n) is 6.25. The third kappa shape index (κ3) is 3.12. The summed E-state index contributed by atoms with van der Waals surface area (Å²) in [6.07, 6.45) is 3.31. The second-order valence-corrected chi connectivity index (χ2v) is 6.56. The number of hydrogen-bond donors (Lipinski definition) is 3. The molecule has 0 aliphatic carbocycles. The molecule has 2 heterocycles.